The zero-order valence-electron chi connectivity index (χ0n) is 25.3. The summed E-state index contributed by atoms with van der Waals surface area (Å²) in [5, 5.41) is 10.4. The quantitative estimate of drug-likeness (QED) is 0.301. The molecule has 2 amide bonds. The lowest BCUT2D eigenvalue weighted by Crippen LogP contribution is -2.51. The van der Waals surface area contributed by atoms with Crippen molar-refractivity contribution in [2.75, 3.05) is 6.54 Å². The van der Waals surface area contributed by atoms with Crippen molar-refractivity contribution >= 4 is 29.1 Å². The molecule has 1 saturated carbocycles. The second kappa shape index (κ2) is 12.7. The number of rotatable bonds is 9. The van der Waals surface area contributed by atoms with Crippen LogP contribution in [0.5, 0.6) is 0 Å². The molecule has 9 nitrogen and oxygen atoms in total. The maximum absolute atomic E-state index is 14.4. The van der Waals surface area contributed by atoms with E-state index in [1.165, 1.54) is 12.1 Å². The van der Waals surface area contributed by atoms with E-state index in [1.807, 2.05) is 17.0 Å². The standard InChI is InChI=1S/C32H41ClFN7O2/c1-5-6-7-26(20-8-10-21(11-9-20)29(42)35-19-27-37-39-40-38-27)41-30(43)28(22-12-13-25(34)24(33)18-22)36-32(41)16-14-23(15-17-32)31(2,3)4/h8-13,18,23,26-27H,5-7,14-17,19H2,1-4H3,(H,35,42)(H,37,40)(H,38,39). The van der Waals surface area contributed by atoms with Crippen molar-refractivity contribution < 1.29 is 14.0 Å². The monoisotopic (exact) mass is 609 g/mol. The van der Waals surface area contributed by atoms with Crippen LogP contribution in [0.1, 0.15) is 100 Å². The number of nitrogens with one attached hydrogen (secondary N) is 3. The van der Waals surface area contributed by atoms with Crippen LogP contribution in [0.25, 0.3) is 0 Å². The Morgan fingerprint density at radius 1 is 1.19 bits per heavy atom. The van der Waals surface area contributed by atoms with E-state index in [0.717, 1.165) is 50.5 Å². The lowest BCUT2D eigenvalue weighted by atomic mass is 9.69. The number of nitrogens with zero attached hydrogens (tertiary/aromatic N) is 4. The van der Waals surface area contributed by atoms with Crippen molar-refractivity contribution in [2.45, 2.75) is 90.5 Å². The molecule has 1 fully saturated rings. The summed E-state index contributed by atoms with van der Waals surface area (Å²) in [4.78, 5) is 34.4. The predicted octanol–water partition coefficient (Wildman–Crippen LogP) is 6.51. The van der Waals surface area contributed by atoms with Gasteiger partial charge >= 0.3 is 0 Å². The van der Waals surface area contributed by atoms with Crippen molar-refractivity contribution in [3.05, 3.63) is 70.0 Å². The molecule has 0 bridgehead atoms. The molecule has 2 heterocycles. The summed E-state index contributed by atoms with van der Waals surface area (Å²) in [6.45, 7) is 9.25. The van der Waals surface area contributed by atoms with Gasteiger partial charge in [0.1, 0.15) is 17.2 Å². The number of amides is 2. The molecule has 230 valence electrons. The van der Waals surface area contributed by atoms with Gasteiger partial charge in [0.25, 0.3) is 11.8 Å². The molecule has 2 aliphatic heterocycles. The van der Waals surface area contributed by atoms with Crippen LogP contribution in [-0.4, -0.2) is 40.8 Å². The molecule has 2 aromatic rings. The normalized spacial score (nSPS) is 24.3. The van der Waals surface area contributed by atoms with Gasteiger partial charge in [-0.1, -0.05) is 69.5 Å². The summed E-state index contributed by atoms with van der Waals surface area (Å²) in [6.07, 6.45) is 5.76. The van der Waals surface area contributed by atoms with Gasteiger partial charge in [-0.15, -0.1) is 5.11 Å². The Labute approximate surface area is 257 Å². The van der Waals surface area contributed by atoms with E-state index >= 15 is 0 Å². The minimum atomic E-state index is -0.694. The SMILES string of the molecule is CCCCC(c1ccc(C(=O)NCC2N=NNN2)cc1)N1C(=O)C(c2ccc(F)c(Cl)c2)=NC12CCC(C(C)(C)C)CC2. The molecule has 0 aromatic heterocycles. The molecule has 43 heavy (non-hydrogen) atoms. The highest BCUT2D eigenvalue weighted by Crippen LogP contribution is 2.50. The summed E-state index contributed by atoms with van der Waals surface area (Å²) in [7, 11) is 0. The smallest absolute Gasteiger partial charge is 0.275 e. The van der Waals surface area contributed by atoms with Gasteiger partial charge in [0.2, 0.25) is 0 Å². The molecule has 0 saturated heterocycles. The Morgan fingerprint density at radius 3 is 2.51 bits per heavy atom. The Morgan fingerprint density at radius 2 is 1.91 bits per heavy atom. The molecule has 0 radical (unpaired) electrons. The fourth-order valence-electron chi connectivity index (χ4n) is 6.49. The van der Waals surface area contributed by atoms with Gasteiger partial charge in [-0.25, -0.2) is 9.93 Å². The van der Waals surface area contributed by atoms with Crippen molar-refractivity contribution in [1.82, 2.24) is 21.2 Å². The van der Waals surface area contributed by atoms with E-state index in [1.54, 1.807) is 18.2 Å². The lowest BCUT2D eigenvalue weighted by molar-refractivity contribution is -0.133. The average molecular weight is 610 g/mol. The second-order valence-corrected chi connectivity index (χ2v) is 13.3. The van der Waals surface area contributed by atoms with Crippen molar-refractivity contribution in [3.63, 3.8) is 0 Å². The molecule has 5 rings (SSSR count). The molecule has 2 aromatic carbocycles. The number of carbonyl (C=O) groups is 2. The molecule has 3 aliphatic rings. The van der Waals surface area contributed by atoms with Crippen LogP contribution in [0.15, 0.2) is 57.8 Å². The third kappa shape index (κ3) is 6.60. The van der Waals surface area contributed by atoms with Crippen molar-refractivity contribution in [1.29, 1.82) is 0 Å². The molecule has 1 aliphatic carbocycles. The van der Waals surface area contributed by atoms with Crippen LogP contribution in [0.2, 0.25) is 5.02 Å². The first-order valence-electron chi connectivity index (χ1n) is 15.2. The summed E-state index contributed by atoms with van der Waals surface area (Å²) in [5.74, 6) is -0.377. The molecule has 2 unspecified atom stereocenters. The zero-order valence-corrected chi connectivity index (χ0v) is 26.0. The average Bonchev–Trinajstić information content (AvgIpc) is 3.60. The number of hydrogen-bond donors (Lipinski definition) is 3. The van der Waals surface area contributed by atoms with Gasteiger partial charge in [0, 0.05) is 11.1 Å². The molecule has 11 heteroatoms. The minimum Gasteiger partial charge on any atom is -0.348 e. The Bertz CT molecular complexity index is 1400. The van der Waals surface area contributed by atoms with E-state index in [9.17, 15) is 14.0 Å². The first-order chi connectivity index (χ1) is 20.5. The summed E-state index contributed by atoms with van der Waals surface area (Å²) < 4.78 is 14.1. The predicted molar refractivity (Wildman–Crippen MR) is 165 cm³/mol. The van der Waals surface area contributed by atoms with Gasteiger partial charge in [0.15, 0.2) is 6.17 Å². The Kier molecular flexibility index (Phi) is 9.18. The van der Waals surface area contributed by atoms with Crippen molar-refractivity contribution in [2.24, 2.45) is 26.7 Å². The number of halogens is 2. The van der Waals surface area contributed by atoms with Crippen molar-refractivity contribution in [3.8, 4) is 0 Å². The second-order valence-electron chi connectivity index (χ2n) is 12.9. The summed E-state index contributed by atoms with van der Waals surface area (Å²) in [5.41, 5.74) is 7.19. The van der Waals surface area contributed by atoms with Crippen LogP contribution < -0.4 is 16.3 Å². The largest absolute Gasteiger partial charge is 0.348 e. The maximum atomic E-state index is 14.4. The van der Waals surface area contributed by atoms with Crippen LogP contribution in [0.3, 0.4) is 0 Å². The van der Waals surface area contributed by atoms with Crippen LogP contribution in [-0.2, 0) is 4.79 Å². The highest BCUT2D eigenvalue weighted by Gasteiger charge is 2.52. The summed E-state index contributed by atoms with van der Waals surface area (Å²) in [6, 6.07) is 11.6. The van der Waals surface area contributed by atoms with Gasteiger partial charge in [-0.2, -0.15) is 5.43 Å². The lowest BCUT2D eigenvalue weighted by Gasteiger charge is -2.47. The highest BCUT2D eigenvalue weighted by molar-refractivity contribution is 6.47. The Balaban J connectivity index is 1.46. The maximum Gasteiger partial charge on any atom is 0.275 e. The number of hydrogen-bond acceptors (Lipinski definition) is 7. The molecular weight excluding hydrogens is 569 g/mol. The molecule has 1 spiro atoms. The minimum absolute atomic E-state index is 0.0311. The van der Waals surface area contributed by atoms with E-state index < -0.39 is 11.5 Å². The van der Waals surface area contributed by atoms with Gasteiger partial charge < -0.3 is 10.2 Å². The topological polar surface area (TPSA) is 111 Å². The summed E-state index contributed by atoms with van der Waals surface area (Å²) >= 11 is 6.15. The number of benzene rings is 2. The van der Waals surface area contributed by atoms with Crippen LogP contribution in [0, 0.1) is 17.2 Å². The number of hydrazine groups is 1. The number of carbonyl (C=O) groups excluding carboxylic acids is 2. The number of aliphatic imine (C=N–C) groups is 1. The van der Waals surface area contributed by atoms with E-state index in [4.69, 9.17) is 16.6 Å². The molecule has 3 N–H and O–H groups in total. The first-order valence-corrected chi connectivity index (χ1v) is 15.6. The third-order valence-corrected chi connectivity index (χ3v) is 9.32. The van der Waals surface area contributed by atoms with Crippen LogP contribution in [0.4, 0.5) is 4.39 Å². The van der Waals surface area contributed by atoms with Crippen LogP contribution >= 0.6 is 11.6 Å². The van der Waals surface area contributed by atoms with Gasteiger partial charge in [0.05, 0.1) is 17.6 Å². The highest BCUT2D eigenvalue weighted by atomic mass is 35.5. The fourth-order valence-corrected chi connectivity index (χ4v) is 6.67. The van der Waals surface area contributed by atoms with Gasteiger partial charge in [-0.3, -0.25) is 14.6 Å². The fraction of sp³-hybridized carbons (Fsp3) is 0.531. The number of unbranched alkanes of at least 4 members (excludes halogenated alkanes) is 1. The van der Waals surface area contributed by atoms with E-state index in [-0.39, 0.29) is 34.5 Å². The van der Waals surface area contributed by atoms with E-state index in [2.05, 4.69) is 54.3 Å². The van der Waals surface area contributed by atoms with E-state index in [0.29, 0.717) is 29.3 Å². The molecule has 2 atom stereocenters. The Hall–Kier alpha value is -3.37. The third-order valence-electron chi connectivity index (χ3n) is 9.03. The van der Waals surface area contributed by atoms with Gasteiger partial charge in [-0.05, 0) is 79.3 Å². The molecular formula is C32H41ClFN7O2. The zero-order chi connectivity index (χ0) is 30.8. The first kappa shape index (κ1) is 31.1.